The Kier molecular flexibility index (Phi) is 5.54. The molecule has 2 rings (SSSR count). The average Bonchev–Trinajstić information content (AvgIpc) is 2.43. The van der Waals surface area contributed by atoms with Crippen molar-refractivity contribution in [2.75, 3.05) is 26.0 Å². The van der Waals surface area contributed by atoms with Gasteiger partial charge in [-0.25, -0.2) is 0 Å². The molecule has 1 aliphatic heterocycles. The normalized spacial score (nSPS) is 20.4. The lowest BCUT2D eigenvalue weighted by molar-refractivity contribution is 0.0426. The van der Waals surface area contributed by atoms with Crippen LogP contribution in [0.3, 0.4) is 0 Å². The molecule has 100 valence electrons. The van der Waals surface area contributed by atoms with Crippen LogP contribution in [-0.2, 0) is 11.2 Å². The molecule has 0 spiro atoms. The van der Waals surface area contributed by atoms with Gasteiger partial charge in [-0.2, -0.15) is 11.8 Å². The summed E-state index contributed by atoms with van der Waals surface area (Å²) in [4.78, 5) is 0. The van der Waals surface area contributed by atoms with Gasteiger partial charge < -0.3 is 10.1 Å². The van der Waals surface area contributed by atoms with E-state index < -0.39 is 0 Å². The molecule has 0 aliphatic carbocycles. The molecule has 2 nitrogen and oxygen atoms in total. The van der Waals surface area contributed by atoms with Crippen LogP contribution in [0.15, 0.2) is 24.3 Å². The van der Waals surface area contributed by atoms with Crippen molar-refractivity contribution >= 4 is 11.8 Å². The number of rotatable bonds is 6. The molecule has 1 heterocycles. The molecule has 0 fully saturated rings. The Morgan fingerprint density at radius 2 is 2.28 bits per heavy atom. The van der Waals surface area contributed by atoms with Crippen molar-refractivity contribution in [1.29, 1.82) is 0 Å². The van der Waals surface area contributed by atoms with Crippen LogP contribution in [0.25, 0.3) is 0 Å². The molecule has 1 aliphatic rings. The van der Waals surface area contributed by atoms with E-state index in [1.54, 1.807) is 0 Å². The number of ether oxygens (including phenoxy) is 1. The second kappa shape index (κ2) is 7.17. The van der Waals surface area contributed by atoms with E-state index >= 15 is 0 Å². The minimum absolute atomic E-state index is 0.236. The molecule has 0 saturated carbocycles. The van der Waals surface area contributed by atoms with E-state index in [-0.39, 0.29) is 6.10 Å². The first kappa shape index (κ1) is 13.9. The lowest BCUT2D eigenvalue weighted by Gasteiger charge is -2.26. The molecule has 1 aromatic carbocycles. The molecule has 2 unspecified atom stereocenters. The Morgan fingerprint density at radius 1 is 1.44 bits per heavy atom. The Balaban J connectivity index is 1.81. The van der Waals surface area contributed by atoms with Crippen molar-refractivity contribution in [1.82, 2.24) is 5.32 Å². The average molecular weight is 265 g/mol. The number of benzene rings is 1. The summed E-state index contributed by atoms with van der Waals surface area (Å²) in [7, 11) is 0. The highest BCUT2D eigenvalue weighted by atomic mass is 32.2. The molecule has 2 atom stereocenters. The van der Waals surface area contributed by atoms with Crippen molar-refractivity contribution in [2.24, 2.45) is 0 Å². The third kappa shape index (κ3) is 3.74. The molecule has 0 radical (unpaired) electrons. The van der Waals surface area contributed by atoms with Crippen molar-refractivity contribution in [3.05, 3.63) is 35.4 Å². The van der Waals surface area contributed by atoms with Crippen molar-refractivity contribution < 1.29 is 4.74 Å². The van der Waals surface area contributed by atoms with Gasteiger partial charge >= 0.3 is 0 Å². The molecule has 0 saturated heterocycles. The lowest BCUT2D eigenvalue weighted by Crippen LogP contribution is -2.28. The maximum absolute atomic E-state index is 5.87. The van der Waals surface area contributed by atoms with Crippen LogP contribution in [0.1, 0.15) is 30.6 Å². The van der Waals surface area contributed by atoms with Crippen LogP contribution in [-0.4, -0.2) is 31.2 Å². The highest BCUT2D eigenvalue weighted by molar-refractivity contribution is 7.99. The van der Waals surface area contributed by atoms with Crippen LogP contribution >= 0.6 is 11.8 Å². The minimum atomic E-state index is 0.236. The molecule has 1 N–H and O–H groups in total. The summed E-state index contributed by atoms with van der Waals surface area (Å²) in [5, 5.41) is 4.26. The van der Waals surface area contributed by atoms with E-state index in [0.717, 1.165) is 31.4 Å². The predicted molar refractivity (Wildman–Crippen MR) is 79.3 cm³/mol. The molecular formula is C15H23NOS. The molecule has 1 aromatic rings. The van der Waals surface area contributed by atoms with Crippen molar-refractivity contribution in [3.63, 3.8) is 0 Å². The van der Waals surface area contributed by atoms with Gasteiger partial charge in [0.1, 0.15) is 0 Å². The summed E-state index contributed by atoms with van der Waals surface area (Å²) < 4.78 is 5.87. The van der Waals surface area contributed by atoms with E-state index in [1.165, 1.54) is 17.5 Å². The molecule has 0 amide bonds. The minimum Gasteiger partial charge on any atom is -0.372 e. The first-order chi connectivity index (χ1) is 8.81. The topological polar surface area (TPSA) is 21.3 Å². The van der Waals surface area contributed by atoms with E-state index in [0.29, 0.717) is 0 Å². The molecule has 18 heavy (non-hydrogen) atoms. The monoisotopic (exact) mass is 265 g/mol. The van der Waals surface area contributed by atoms with Crippen molar-refractivity contribution in [2.45, 2.75) is 31.1 Å². The second-order valence-electron chi connectivity index (χ2n) is 4.85. The zero-order valence-corrected chi connectivity index (χ0v) is 12.1. The fourth-order valence-electron chi connectivity index (χ4n) is 2.30. The number of fused-ring (bicyclic) bond motifs is 1. The van der Waals surface area contributed by atoms with Gasteiger partial charge in [-0.1, -0.05) is 31.2 Å². The van der Waals surface area contributed by atoms with Crippen LogP contribution in [0, 0.1) is 0 Å². The molecule has 0 bridgehead atoms. The fourth-order valence-corrected chi connectivity index (χ4v) is 2.66. The number of nitrogens with one attached hydrogen (secondary N) is 1. The number of hydrogen-bond acceptors (Lipinski definition) is 3. The zero-order chi connectivity index (χ0) is 12.8. The van der Waals surface area contributed by atoms with Gasteiger partial charge in [-0.15, -0.1) is 0 Å². The first-order valence-corrected chi connectivity index (χ1v) is 8.03. The van der Waals surface area contributed by atoms with Gasteiger partial charge in [0, 0.05) is 11.8 Å². The maximum Gasteiger partial charge on any atom is 0.0952 e. The Hall–Kier alpha value is -0.510. The maximum atomic E-state index is 5.87. The number of hydrogen-bond donors (Lipinski definition) is 1. The summed E-state index contributed by atoms with van der Waals surface area (Å²) >= 11 is 1.93. The van der Waals surface area contributed by atoms with E-state index in [9.17, 15) is 0 Å². The van der Waals surface area contributed by atoms with Gasteiger partial charge in [0.25, 0.3) is 0 Å². The van der Waals surface area contributed by atoms with E-state index in [1.807, 2.05) is 11.8 Å². The smallest absolute Gasteiger partial charge is 0.0952 e. The third-order valence-corrected chi connectivity index (χ3v) is 4.59. The quantitative estimate of drug-likeness (QED) is 0.799. The Morgan fingerprint density at radius 3 is 3.11 bits per heavy atom. The van der Waals surface area contributed by atoms with Crippen LogP contribution in [0.4, 0.5) is 0 Å². The van der Waals surface area contributed by atoms with Crippen LogP contribution < -0.4 is 5.32 Å². The van der Waals surface area contributed by atoms with E-state index in [4.69, 9.17) is 4.74 Å². The van der Waals surface area contributed by atoms with Gasteiger partial charge in [-0.3, -0.25) is 0 Å². The molecule has 0 aromatic heterocycles. The lowest BCUT2D eigenvalue weighted by atomic mass is 9.97. The fraction of sp³-hybridized carbons (Fsp3) is 0.600. The van der Waals surface area contributed by atoms with Gasteiger partial charge in [-0.05, 0) is 36.8 Å². The predicted octanol–water partition coefficient (Wildman–Crippen LogP) is 3.03. The second-order valence-corrected chi connectivity index (χ2v) is 6.12. The first-order valence-electron chi connectivity index (χ1n) is 6.74. The Bertz CT molecular complexity index is 369. The number of thioether (sulfide) groups is 1. The van der Waals surface area contributed by atoms with Gasteiger partial charge in [0.15, 0.2) is 0 Å². The summed E-state index contributed by atoms with van der Waals surface area (Å²) in [5.74, 6) is 0. The Labute approximate surface area is 114 Å². The van der Waals surface area contributed by atoms with E-state index in [2.05, 4.69) is 42.8 Å². The molecule has 3 heteroatoms. The highest BCUT2D eigenvalue weighted by Crippen LogP contribution is 2.26. The summed E-state index contributed by atoms with van der Waals surface area (Å²) in [6, 6.07) is 8.65. The zero-order valence-electron chi connectivity index (χ0n) is 11.3. The highest BCUT2D eigenvalue weighted by Gasteiger charge is 2.19. The summed E-state index contributed by atoms with van der Waals surface area (Å²) in [5.41, 5.74) is 2.82. The third-order valence-electron chi connectivity index (χ3n) is 3.55. The van der Waals surface area contributed by atoms with Gasteiger partial charge in [0.2, 0.25) is 0 Å². The van der Waals surface area contributed by atoms with Crippen molar-refractivity contribution in [3.8, 4) is 0 Å². The van der Waals surface area contributed by atoms with Crippen LogP contribution in [0.5, 0.6) is 0 Å². The van der Waals surface area contributed by atoms with Crippen LogP contribution in [0.2, 0.25) is 0 Å². The summed E-state index contributed by atoms with van der Waals surface area (Å²) in [6.07, 6.45) is 4.68. The van der Waals surface area contributed by atoms with Gasteiger partial charge in [0.05, 0.1) is 12.7 Å². The molecular weight excluding hydrogens is 242 g/mol. The summed E-state index contributed by atoms with van der Waals surface area (Å²) in [6.45, 7) is 5.13. The largest absolute Gasteiger partial charge is 0.372 e. The SMILES string of the molecule is CSC(C)CCNCC1OCCc2ccccc21. The standard InChI is InChI=1S/C15H23NOS/c1-12(18-2)7-9-16-11-15-14-6-4-3-5-13(14)8-10-17-15/h3-6,12,15-16H,7-11H2,1-2H3.